The van der Waals surface area contributed by atoms with Crippen molar-refractivity contribution in [1.29, 1.82) is 0 Å². The van der Waals surface area contributed by atoms with Gasteiger partial charge in [0.05, 0.1) is 0 Å². The fraction of sp³-hybridized carbons (Fsp3) is 0.417. The van der Waals surface area contributed by atoms with Crippen LogP contribution in [0.1, 0.15) is 17.5 Å². The van der Waals surface area contributed by atoms with Crippen LogP contribution < -0.4 is 0 Å². The summed E-state index contributed by atoms with van der Waals surface area (Å²) < 4.78 is 0. The quantitative estimate of drug-likeness (QED) is 0.806. The average molecular weight is 256 g/mol. The van der Waals surface area contributed by atoms with Gasteiger partial charge in [-0.05, 0) is 24.1 Å². The monoisotopic (exact) mass is 255 g/mol. The zero-order valence-electron chi connectivity index (χ0n) is 9.11. The number of amides is 1. The minimum Gasteiger partial charge on any atom is -0.337 e. The van der Waals surface area contributed by atoms with Crippen LogP contribution in [0.15, 0.2) is 18.2 Å². The number of carbonyl (C=O) groups is 1. The van der Waals surface area contributed by atoms with Gasteiger partial charge in [0.15, 0.2) is 0 Å². The average Bonchev–Trinajstić information content (AvgIpc) is 2.50. The molecule has 1 amide bonds. The zero-order chi connectivity index (χ0) is 11.7. The zero-order valence-corrected chi connectivity index (χ0v) is 10.8. The SMILES string of the molecule is Cc1ccc(CN2CC(S)CC2=O)c(Cl)c1. The Morgan fingerprint density at radius 2 is 2.31 bits per heavy atom. The van der Waals surface area contributed by atoms with Crippen LogP contribution in [0.3, 0.4) is 0 Å². The number of hydrogen-bond acceptors (Lipinski definition) is 2. The Morgan fingerprint density at radius 1 is 1.56 bits per heavy atom. The van der Waals surface area contributed by atoms with Crippen LogP contribution in [0.2, 0.25) is 5.02 Å². The van der Waals surface area contributed by atoms with Crippen LogP contribution in [0, 0.1) is 6.92 Å². The van der Waals surface area contributed by atoms with Gasteiger partial charge in [-0.25, -0.2) is 0 Å². The first-order valence-electron chi connectivity index (χ1n) is 5.27. The maximum Gasteiger partial charge on any atom is 0.224 e. The second kappa shape index (κ2) is 4.68. The molecule has 0 bridgehead atoms. The molecule has 1 fully saturated rings. The van der Waals surface area contributed by atoms with Gasteiger partial charge in [0.1, 0.15) is 0 Å². The summed E-state index contributed by atoms with van der Waals surface area (Å²) in [6.45, 7) is 3.31. The third-order valence-electron chi connectivity index (χ3n) is 2.76. The smallest absolute Gasteiger partial charge is 0.224 e. The first kappa shape index (κ1) is 11.8. The van der Waals surface area contributed by atoms with E-state index in [1.165, 1.54) is 0 Å². The topological polar surface area (TPSA) is 20.3 Å². The van der Waals surface area contributed by atoms with Gasteiger partial charge < -0.3 is 4.90 Å². The number of halogens is 1. The molecule has 1 saturated heterocycles. The first-order valence-corrected chi connectivity index (χ1v) is 6.16. The lowest BCUT2D eigenvalue weighted by Gasteiger charge is -2.17. The molecule has 1 aromatic carbocycles. The van der Waals surface area contributed by atoms with Crippen molar-refractivity contribution in [2.45, 2.75) is 25.1 Å². The molecule has 16 heavy (non-hydrogen) atoms. The minimum absolute atomic E-state index is 0.164. The third kappa shape index (κ3) is 2.53. The highest BCUT2D eigenvalue weighted by Crippen LogP contribution is 2.23. The summed E-state index contributed by atoms with van der Waals surface area (Å²) in [5.41, 5.74) is 2.14. The number of nitrogens with zero attached hydrogens (tertiary/aromatic N) is 1. The number of rotatable bonds is 2. The summed E-state index contributed by atoms with van der Waals surface area (Å²) >= 11 is 10.5. The molecule has 1 aliphatic rings. The van der Waals surface area contributed by atoms with Gasteiger partial charge in [-0.1, -0.05) is 23.7 Å². The van der Waals surface area contributed by atoms with E-state index in [0.717, 1.165) is 16.1 Å². The van der Waals surface area contributed by atoms with Gasteiger partial charge in [0.25, 0.3) is 0 Å². The number of aryl methyl sites for hydroxylation is 1. The van der Waals surface area contributed by atoms with E-state index < -0.39 is 0 Å². The summed E-state index contributed by atoms with van der Waals surface area (Å²) in [6, 6.07) is 5.92. The van der Waals surface area contributed by atoms with E-state index in [9.17, 15) is 4.79 Å². The molecule has 0 radical (unpaired) electrons. The van der Waals surface area contributed by atoms with Crippen molar-refractivity contribution in [2.24, 2.45) is 0 Å². The predicted octanol–water partition coefficient (Wildman–Crippen LogP) is 2.68. The Morgan fingerprint density at radius 3 is 2.88 bits per heavy atom. The van der Waals surface area contributed by atoms with Crippen LogP contribution in [0.4, 0.5) is 0 Å². The second-order valence-electron chi connectivity index (χ2n) is 4.23. The normalized spacial score (nSPS) is 20.6. The van der Waals surface area contributed by atoms with E-state index in [0.29, 0.717) is 19.5 Å². The van der Waals surface area contributed by atoms with Crippen molar-refractivity contribution in [3.8, 4) is 0 Å². The summed E-state index contributed by atoms with van der Waals surface area (Å²) in [5.74, 6) is 0.164. The van der Waals surface area contributed by atoms with Crippen molar-refractivity contribution in [2.75, 3.05) is 6.54 Å². The van der Waals surface area contributed by atoms with E-state index >= 15 is 0 Å². The van der Waals surface area contributed by atoms with Crippen molar-refractivity contribution in [3.05, 3.63) is 34.3 Å². The molecule has 1 aliphatic heterocycles. The molecule has 0 aliphatic carbocycles. The highest BCUT2D eigenvalue weighted by atomic mass is 35.5. The summed E-state index contributed by atoms with van der Waals surface area (Å²) in [4.78, 5) is 13.4. The molecule has 2 rings (SSSR count). The van der Waals surface area contributed by atoms with E-state index in [2.05, 4.69) is 12.6 Å². The van der Waals surface area contributed by atoms with Crippen molar-refractivity contribution in [3.63, 3.8) is 0 Å². The lowest BCUT2D eigenvalue weighted by Crippen LogP contribution is -2.24. The predicted molar refractivity (Wildman–Crippen MR) is 69.0 cm³/mol. The Bertz CT molecular complexity index is 421. The molecule has 0 spiro atoms. The van der Waals surface area contributed by atoms with Gasteiger partial charge in [-0.3, -0.25) is 4.79 Å². The number of hydrogen-bond donors (Lipinski definition) is 1. The molecule has 1 aromatic rings. The maximum atomic E-state index is 11.6. The van der Waals surface area contributed by atoms with Crippen LogP contribution in [-0.4, -0.2) is 22.6 Å². The van der Waals surface area contributed by atoms with Crippen LogP contribution in [0.5, 0.6) is 0 Å². The number of benzene rings is 1. The fourth-order valence-electron chi connectivity index (χ4n) is 1.89. The molecule has 0 N–H and O–H groups in total. The Balaban J connectivity index is 2.12. The summed E-state index contributed by atoms with van der Waals surface area (Å²) in [7, 11) is 0. The molecule has 1 unspecified atom stereocenters. The Labute approximate surface area is 106 Å². The number of thiol groups is 1. The van der Waals surface area contributed by atoms with E-state index in [1.807, 2.05) is 30.0 Å². The second-order valence-corrected chi connectivity index (χ2v) is 5.36. The van der Waals surface area contributed by atoms with Crippen LogP contribution >= 0.6 is 24.2 Å². The lowest BCUT2D eigenvalue weighted by atomic mass is 10.1. The Hall–Kier alpha value is -0.670. The fourth-order valence-corrected chi connectivity index (χ4v) is 2.54. The third-order valence-corrected chi connectivity index (χ3v) is 3.46. The van der Waals surface area contributed by atoms with Gasteiger partial charge in [0, 0.05) is 29.8 Å². The van der Waals surface area contributed by atoms with E-state index in [4.69, 9.17) is 11.6 Å². The van der Waals surface area contributed by atoms with Crippen molar-refractivity contribution >= 4 is 30.1 Å². The van der Waals surface area contributed by atoms with Crippen LogP contribution in [-0.2, 0) is 11.3 Å². The first-order chi connectivity index (χ1) is 7.56. The molecule has 4 heteroatoms. The van der Waals surface area contributed by atoms with E-state index in [1.54, 1.807) is 0 Å². The van der Waals surface area contributed by atoms with Crippen molar-refractivity contribution in [1.82, 2.24) is 4.90 Å². The molecule has 0 saturated carbocycles. The van der Waals surface area contributed by atoms with Gasteiger partial charge in [0.2, 0.25) is 5.91 Å². The van der Waals surface area contributed by atoms with Crippen LogP contribution in [0.25, 0.3) is 0 Å². The summed E-state index contributed by atoms with van der Waals surface area (Å²) in [6.07, 6.45) is 0.534. The van der Waals surface area contributed by atoms with Gasteiger partial charge >= 0.3 is 0 Å². The van der Waals surface area contributed by atoms with Gasteiger partial charge in [-0.15, -0.1) is 0 Å². The summed E-state index contributed by atoms with van der Waals surface area (Å²) in [5, 5.41) is 0.895. The maximum absolute atomic E-state index is 11.6. The lowest BCUT2D eigenvalue weighted by molar-refractivity contribution is -0.128. The standard InChI is InChI=1S/C12H14ClNOS/c1-8-2-3-9(11(13)4-8)6-14-7-10(16)5-12(14)15/h2-4,10,16H,5-7H2,1H3. The molecule has 1 atom stereocenters. The van der Waals surface area contributed by atoms with Gasteiger partial charge in [-0.2, -0.15) is 12.6 Å². The highest BCUT2D eigenvalue weighted by Gasteiger charge is 2.27. The molecule has 1 heterocycles. The number of carbonyl (C=O) groups excluding carboxylic acids is 1. The minimum atomic E-state index is 0.164. The van der Waals surface area contributed by atoms with E-state index in [-0.39, 0.29) is 11.2 Å². The molecule has 0 aromatic heterocycles. The number of likely N-dealkylation sites (tertiary alicyclic amines) is 1. The molecule has 86 valence electrons. The largest absolute Gasteiger partial charge is 0.337 e. The molecule has 2 nitrogen and oxygen atoms in total. The van der Waals surface area contributed by atoms with Crippen molar-refractivity contribution < 1.29 is 4.79 Å². The molecular weight excluding hydrogens is 242 g/mol. The molecular formula is C12H14ClNOS. The Kier molecular flexibility index (Phi) is 3.45. The highest BCUT2D eigenvalue weighted by molar-refractivity contribution is 7.81.